The molecule has 0 bridgehead atoms. The molecule has 0 aliphatic rings. The highest BCUT2D eigenvalue weighted by molar-refractivity contribution is 5.95. The second-order valence-corrected chi connectivity index (χ2v) is 4.74. The standard InChI is InChI=1S/C14H22N2O2/c1-4-6-10(2)16(3)9-11-7-5-8-12(15)13(11)14(17)18/h5,7-8,10H,4,6,9,15H2,1-3H3,(H,17,18). The molecule has 0 saturated heterocycles. The van der Waals surface area contributed by atoms with Gasteiger partial charge < -0.3 is 10.8 Å². The molecular formula is C14H22N2O2. The molecule has 1 aromatic rings. The largest absolute Gasteiger partial charge is 0.478 e. The van der Waals surface area contributed by atoms with Crippen LogP contribution in [-0.2, 0) is 6.54 Å². The molecule has 0 aromatic heterocycles. The number of benzene rings is 1. The lowest BCUT2D eigenvalue weighted by atomic mass is 10.0. The van der Waals surface area contributed by atoms with Crippen molar-refractivity contribution in [3.8, 4) is 0 Å². The Morgan fingerprint density at radius 3 is 2.72 bits per heavy atom. The summed E-state index contributed by atoms with van der Waals surface area (Å²) in [5.41, 5.74) is 7.06. The Morgan fingerprint density at radius 1 is 1.50 bits per heavy atom. The topological polar surface area (TPSA) is 66.6 Å². The molecular weight excluding hydrogens is 228 g/mol. The molecule has 1 aromatic carbocycles. The van der Waals surface area contributed by atoms with Crippen LogP contribution in [0.5, 0.6) is 0 Å². The molecule has 3 N–H and O–H groups in total. The monoisotopic (exact) mass is 250 g/mol. The van der Waals surface area contributed by atoms with E-state index >= 15 is 0 Å². The van der Waals surface area contributed by atoms with Gasteiger partial charge in [-0.2, -0.15) is 0 Å². The van der Waals surface area contributed by atoms with Gasteiger partial charge in [-0.1, -0.05) is 25.5 Å². The first kappa shape index (κ1) is 14.5. The number of rotatable bonds is 6. The zero-order valence-electron chi connectivity index (χ0n) is 11.3. The first-order valence-electron chi connectivity index (χ1n) is 6.28. The Hall–Kier alpha value is -1.55. The van der Waals surface area contributed by atoms with E-state index in [9.17, 15) is 9.90 Å². The van der Waals surface area contributed by atoms with Crippen molar-refractivity contribution in [1.29, 1.82) is 0 Å². The first-order chi connectivity index (χ1) is 8.47. The summed E-state index contributed by atoms with van der Waals surface area (Å²) in [5.74, 6) is -0.959. The fourth-order valence-electron chi connectivity index (χ4n) is 2.08. The van der Waals surface area contributed by atoms with Crippen LogP contribution < -0.4 is 5.73 Å². The van der Waals surface area contributed by atoms with E-state index in [1.807, 2.05) is 13.1 Å². The Kier molecular flexibility index (Phi) is 5.16. The Bertz CT molecular complexity index is 418. The molecule has 0 radical (unpaired) electrons. The summed E-state index contributed by atoms with van der Waals surface area (Å²) in [6.07, 6.45) is 2.22. The SMILES string of the molecule is CCCC(C)N(C)Cc1cccc(N)c1C(=O)O. The molecule has 0 aliphatic heterocycles. The predicted octanol–water partition coefficient (Wildman–Crippen LogP) is 2.59. The first-order valence-corrected chi connectivity index (χ1v) is 6.28. The quantitative estimate of drug-likeness (QED) is 0.761. The van der Waals surface area contributed by atoms with E-state index in [1.54, 1.807) is 12.1 Å². The lowest BCUT2D eigenvalue weighted by Crippen LogP contribution is -2.29. The van der Waals surface area contributed by atoms with Gasteiger partial charge in [0.15, 0.2) is 0 Å². The van der Waals surface area contributed by atoms with E-state index in [4.69, 9.17) is 5.73 Å². The van der Waals surface area contributed by atoms with Gasteiger partial charge in [0.1, 0.15) is 0 Å². The van der Waals surface area contributed by atoms with Gasteiger partial charge in [-0.25, -0.2) is 4.79 Å². The van der Waals surface area contributed by atoms with Crippen LogP contribution in [0.3, 0.4) is 0 Å². The number of carboxylic acids is 1. The molecule has 18 heavy (non-hydrogen) atoms. The maximum Gasteiger partial charge on any atom is 0.338 e. The number of nitrogens with two attached hydrogens (primary N) is 1. The average molecular weight is 250 g/mol. The number of carbonyl (C=O) groups is 1. The van der Waals surface area contributed by atoms with Gasteiger partial charge in [-0.05, 0) is 32.0 Å². The molecule has 0 amide bonds. The van der Waals surface area contributed by atoms with Crippen molar-refractivity contribution >= 4 is 11.7 Å². The van der Waals surface area contributed by atoms with Gasteiger partial charge in [-0.15, -0.1) is 0 Å². The number of hydrogen-bond donors (Lipinski definition) is 2. The van der Waals surface area contributed by atoms with Crippen LogP contribution in [0.1, 0.15) is 42.6 Å². The Balaban J connectivity index is 2.90. The minimum Gasteiger partial charge on any atom is -0.478 e. The summed E-state index contributed by atoms with van der Waals surface area (Å²) in [6.45, 7) is 4.90. The maximum absolute atomic E-state index is 11.2. The third-order valence-corrected chi connectivity index (χ3v) is 3.28. The molecule has 4 heteroatoms. The van der Waals surface area contributed by atoms with Crippen LogP contribution in [0.2, 0.25) is 0 Å². The van der Waals surface area contributed by atoms with Crippen molar-refractivity contribution in [2.75, 3.05) is 12.8 Å². The molecule has 4 nitrogen and oxygen atoms in total. The summed E-state index contributed by atoms with van der Waals surface area (Å²) in [6, 6.07) is 5.69. The van der Waals surface area contributed by atoms with E-state index in [1.165, 1.54) is 0 Å². The summed E-state index contributed by atoms with van der Waals surface area (Å²) < 4.78 is 0. The maximum atomic E-state index is 11.2. The molecule has 0 spiro atoms. The lowest BCUT2D eigenvalue weighted by Gasteiger charge is -2.25. The molecule has 1 rings (SSSR count). The summed E-state index contributed by atoms with van der Waals surface area (Å²) in [5, 5.41) is 9.20. The molecule has 0 saturated carbocycles. The van der Waals surface area contributed by atoms with Crippen LogP contribution in [-0.4, -0.2) is 29.1 Å². The zero-order valence-corrected chi connectivity index (χ0v) is 11.3. The summed E-state index contributed by atoms with van der Waals surface area (Å²) in [4.78, 5) is 13.4. The minimum atomic E-state index is -0.959. The van der Waals surface area contributed by atoms with Crippen molar-refractivity contribution in [2.45, 2.75) is 39.3 Å². The molecule has 0 heterocycles. The van der Waals surface area contributed by atoms with Crippen LogP contribution in [0.15, 0.2) is 18.2 Å². The molecule has 100 valence electrons. The summed E-state index contributed by atoms with van der Waals surface area (Å²) >= 11 is 0. The number of aromatic carboxylic acids is 1. The van der Waals surface area contributed by atoms with E-state index in [2.05, 4.69) is 18.7 Å². The number of hydrogen-bond acceptors (Lipinski definition) is 3. The molecule has 1 atom stereocenters. The van der Waals surface area contributed by atoms with E-state index in [0.717, 1.165) is 18.4 Å². The fraction of sp³-hybridized carbons (Fsp3) is 0.500. The zero-order chi connectivity index (χ0) is 13.7. The Labute approximate surface area is 108 Å². The second-order valence-electron chi connectivity index (χ2n) is 4.74. The highest BCUT2D eigenvalue weighted by Crippen LogP contribution is 2.19. The summed E-state index contributed by atoms with van der Waals surface area (Å²) in [7, 11) is 2.01. The predicted molar refractivity (Wildman–Crippen MR) is 73.7 cm³/mol. The van der Waals surface area contributed by atoms with Gasteiger partial charge in [0, 0.05) is 18.3 Å². The molecule has 1 unspecified atom stereocenters. The van der Waals surface area contributed by atoms with E-state index in [-0.39, 0.29) is 5.56 Å². The molecule has 0 aliphatic carbocycles. The van der Waals surface area contributed by atoms with E-state index < -0.39 is 5.97 Å². The van der Waals surface area contributed by atoms with Gasteiger partial charge in [0.25, 0.3) is 0 Å². The van der Waals surface area contributed by atoms with Crippen LogP contribution in [0, 0.1) is 0 Å². The van der Waals surface area contributed by atoms with Crippen LogP contribution >= 0.6 is 0 Å². The van der Waals surface area contributed by atoms with Gasteiger partial charge in [-0.3, -0.25) is 4.90 Å². The number of anilines is 1. The second kappa shape index (κ2) is 6.40. The Morgan fingerprint density at radius 2 is 2.17 bits per heavy atom. The average Bonchev–Trinajstić information content (AvgIpc) is 2.28. The smallest absolute Gasteiger partial charge is 0.338 e. The van der Waals surface area contributed by atoms with Crippen molar-refractivity contribution in [3.63, 3.8) is 0 Å². The molecule has 0 fully saturated rings. The fourth-order valence-corrected chi connectivity index (χ4v) is 2.08. The lowest BCUT2D eigenvalue weighted by molar-refractivity contribution is 0.0695. The highest BCUT2D eigenvalue weighted by atomic mass is 16.4. The van der Waals surface area contributed by atoms with Crippen molar-refractivity contribution in [1.82, 2.24) is 4.90 Å². The van der Waals surface area contributed by atoms with Crippen molar-refractivity contribution in [2.24, 2.45) is 0 Å². The van der Waals surface area contributed by atoms with Gasteiger partial charge in [0.05, 0.1) is 5.56 Å². The number of carboxylic acid groups (broad SMARTS) is 1. The van der Waals surface area contributed by atoms with Crippen LogP contribution in [0.4, 0.5) is 5.69 Å². The van der Waals surface area contributed by atoms with Crippen molar-refractivity contribution in [3.05, 3.63) is 29.3 Å². The number of nitrogen functional groups attached to an aromatic ring is 1. The van der Waals surface area contributed by atoms with Gasteiger partial charge >= 0.3 is 5.97 Å². The van der Waals surface area contributed by atoms with E-state index in [0.29, 0.717) is 18.3 Å². The normalized spacial score (nSPS) is 12.7. The van der Waals surface area contributed by atoms with Crippen molar-refractivity contribution < 1.29 is 9.90 Å². The third-order valence-electron chi connectivity index (χ3n) is 3.28. The number of nitrogens with zero attached hydrogens (tertiary/aromatic N) is 1. The van der Waals surface area contributed by atoms with Crippen LogP contribution in [0.25, 0.3) is 0 Å². The van der Waals surface area contributed by atoms with Gasteiger partial charge in [0.2, 0.25) is 0 Å². The minimum absolute atomic E-state index is 0.230. The third kappa shape index (κ3) is 3.47. The highest BCUT2D eigenvalue weighted by Gasteiger charge is 2.16.